The molecule has 1 aliphatic heterocycles. The smallest absolute Gasteiger partial charge is 0.270 e. The lowest BCUT2D eigenvalue weighted by Crippen LogP contribution is -2.51. The van der Waals surface area contributed by atoms with Crippen LogP contribution in [0, 0.1) is 16.0 Å². The molecule has 0 spiro atoms. The van der Waals surface area contributed by atoms with Gasteiger partial charge in [-0.15, -0.1) is 0 Å². The molecule has 29 heavy (non-hydrogen) atoms. The van der Waals surface area contributed by atoms with E-state index in [9.17, 15) is 19.7 Å². The van der Waals surface area contributed by atoms with E-state index in [4.69, 9.17) is 5.73 Å². The highest BCUT2D eigenvalue weighted by molar-refractivity contribution is 5.99. The normalized spacial score (nSPS) is 22.9. The molecule has 0 aromatic heterocycles. The van der Waals surface area contributed by atoms with Crippen molar-refractivity contribution in [3.63, 3.8) is 0 Å². The molecule has 2 atom stereocenters. The second-order valence-corrected chi connectivity index (χ2v) is 8.12. The molecule has 1 saturated heterocycles. The van der Waals surface area contributed by atoms with Gasteiger partial charge in [0.1, 0.15) is 0 Å². The van der Waals surface area contributed by atoms with E-state index in [1.165, 1.54) is 25.0 Å². The summed E-state index contributed by atoms with van der Waals surface area (Å²) in [5.41, 5.74) is 6.02. The van der Waals surface area contributed by atoms with E-state index < -0.39 is 10.8 Å². The highest BCUT2D eigenvalue weighted by Gasteiger charge is 2.25. The Hall–Kier alpha value is -2.68. The predicted octanol–water partition coefficient (Wildman–Crippen LogP) is 1.51. The van der Waals surface area contributed by atoms with Crippen molar-refractivity contribution in [2.24, 2.45) is 11.7 Å². The Morgan fingerprint density at radius 3 is 2.59 bits per heavy atom. The number of piperazine rings is 1. The van der Waals surface area contributed by atoms with Crippen LogP contribution in [0.2, 0.25) is 0 Å². The number of carbonyl (C=O) groups is 2. The van der Waals surface area contributed by atoms with Crippen LogP contribution in [0.1, 0.15) is 43.0 Å². The second kappa shape index (κ2) is 9.21. The standard InChI is InChI=1S/C20H29N5O4/c1-14-3-2-4-15(11-14)22-19(26)13-23-7-9-24(10-8-23)18-6-5-16(25(28)29)12-17(18)20(21)27/h5-6,12,14-15H,2-4,7-11,13H2,1H3,(H2,21,27)(H,22,26). The third-order valence-corrected chi connectivity index (χ3v) is 5.84. The fourth-order valence-corrected chi connectivity index (χ4v) is 4.30. The van der Waals surface area contributed by atoms with Crippen LogP contribution in [0.4, 0.5) is 11.4 Å². The molecule has 1 aliphatic carbocycles. The van der Waals surface area contributed by atoms with Crippen LogP contribution in [0.5, 0.6) is 0 Å². The third kappa shape index (κ3) is 5.44. The first-order chi connectivity index (χ1) is 13.8. The van der Waals surface area contributed by atoms with Crippen LogP contribution in [0.15, 0.2) is 18.2 Å². The number of primary amides is 1. The number of carbonyl (C=O) groups excluding carboxylic acids is 2. The van der Waals surface area contributed by atoms with Crippen molar-refractivity contribution in [1.82, 2.24) is 10.2 Å². The van der Waals surface area contributed by atoms with E-state index >= 15 is 0 Å². The number of amides is 2. The molecule has 2 aliphatic rings. The van der Waals surface area contributed by atoms with E-state index in [2.05, 4.69) is 17.1 Å². The SMILES string of the molecule is CC1CCCC(NC(=O)CN2CCN(c3ccc([N+](=O)[O-])cc3C(N)=O)CC2)C1. The van der Waals surface area contributed by atoms with Crippen LogP contribution in [0.25, 0.3) is 0 Å². The average Bonchev–Trinajstić information content (AvgIpc) is 2.68. The lowest BCUT2D eigenvalue weighted by Gasteiger charge is -2.36. The summed E-state index contributed by atoms with van der Waals surface area (Å²) in [5, 5.41) is 14.1. The molecule has 0 radical (unpaired) electrons. The van der Waals surface area contributed by atoms with Crippen molar-refractivity contribution >= 4 is 23.2 Å². The molecule has 9 heteroatoms. The van der Waals surface area contributed by atoms with Gasteiger partial charge in [0.15, 0.2) is 0 Å². The summed E-state index contributed by atoms with van der Waals surface area (Å²) < 4.78 is 0. The molecule has 1 aromatic rings. The summed E-state index contributed by atoms with van der Waals surface area (Å²) in [4.78, 5) is 38.7. The quantitative estimate of drug-likeness (QED) is 0.548. The topological polar surface area (TPSA) is 122 Å². The molecule has 1 heterocycles. The van der Waals surface area contributed by atoms with Crippen molar-refractivity contribution in [2.45, 2.75) is 38.6 Å². The highest BCUT2D eigenvalue weighted by atomic mass is 16.6. The maximum atomic E-state index is 12.4. The minimum Gasteiger partial charge on any atom is -0.368 e. The number of hydrogen-bond acceptors (Lipinski definition) is 6. The van der Waals surface area contributed by atoms with E-state index in [-0.39, 0.29) is 23.2 Å². The molecule has 2 fully saturated rings. The lowest BCUT2D eigenvalue weighted by atomic mass is 9.87. The first kappa shape index (κ1) is 21.0. The number of hydrogen-bond donors (Lipinski definition) is 2. The highest BCUT2D eigenvalue weighted by Crippen LogP contribution is 2.26. The number of nitrogens with zero attached hydrogens (tertiary/aromatic N) is 3. The van der Waals surface area contributed by atoms with E-state index in [0.717, 1.165) is 12.8 Å². The summed E-state index contributed by atoms with van der Waals surface area (Å²) in [6.45, 7) is 5.17. The summed E-state index contributed by atoms with van der Waals surface area (Å²) >= 11 is 0. The molecule has 3 rings (SSSR count). The molecule has 0 bridgehead atoms. The van der Waals surface area contributed by atoms with Crippen LogP contribution in [-0.4, -0.2) is 60.4 Å². The predicted molar refractivity (Wildman–Crippen MR) is 110 cm³/mol. The number of non-ortho nitro benzene ring substituents is 1. The van der Waals surface area contributed by atoms with Gasteiger partial charge in [-0.25, -0.2) is 0 Å². The molecular weight excluding hydrogens is 374 g/mol. The average molecular weight is 403 g/mol. The summed E-state index contributed by atoms with van der Waals surface area (Å²) in [6.07, 6.45) is 4.52. The van der Waals surface area contributed by atoms with Gasteiger partial charge in [-0.05, 0) is 24.8 Å². The maximum absolute atomic E-state index is 12.4. The van der Waals surface area contributed by atoms with Gasteiger partial charge >= 0.3 is 0 Å². The molecule has 9 nitrogen and oxygen atoms in total. The number of rotatable bonds is 6. The summed E-state index contributed by atoms with van der Waals surface area (Å²) in [7, 11) is 0. The number of benzene rings is 1. The molecule has 3 N–H and O–H groups in total. The zero-order valence-electron chi connectivity index (χ0n) is 16.8. The van der Waals surface area contributed by atoms with E-state index in [0.29, 0.717) is 44.3 Å². The Bertz CT molecular complexity index is 776. The van der Waals surface area contributed by atoms with Gasteiger partial charge < -0.3 is 16.0 Å². The van der Waals surface area contributed by atoms with Crippen LogP contribution < -0.4 is 16.0 Å². The molecule has 2 unspecified atom stereocenters. The van der Waals surface area contributed by atoms with Crippen LogP contribution >= 0.6 is 0 Å². The van der Waals surface area contributed by atoms with Crippen LogP contribution in [-0.2, 0) is 4.79 Å². The van der Waals surface area contributed by atoms with E-state index in [1.54, 1.807) is 6.07 Å². The zero-order chi connectivity index (χ0) is 21.0. The first-order valence-corrected chi connectivity index (χ1v) is 10.2. The van der Waals surface area contributed by atoms with Gasteiger partial charge in [-0.3, -0.25) is 24.6 Å². The molecule has 2 amide bonds. The summed E-state index contributed by atoms with van der Waals surface area (Å²) in [6, 6.07) is 4.46. The third-order valence-electron chi connectivity index (χ3n) is 5.84. The van der Waals surface area contributed by atoms with Gasteiger partial charge in [-0.2, -0.15) is 0 Å². The fraction of sp³-hybridized carbons (Fsp3) is 0.600. The Morgan fingerprint density at radius 2 is 1.97 bits per heavy atom. The number of nitro groups is 1. The molecule has 158 valence electrons. The maximum Gasteiger partial charge on any atom is 0.270 e. The van der Waals surface area contributed by atoms with Gasteiger partial charge in [0.05, 0.1) is 22.7 Å². The molecule has 1 saturated carbocycles. The zero-order valence-corrected chi connectivity index (χ0v) is 16.8. The largest absolute Gasteiger partial charge is 0.368 e. The van der Waals surface area contributed by atoms with Gasteiger partial charge in [0, 0.05) is 44.4 Å². The van der Waals surface area contributed by atoms with E-state index in [1.807, 2.05) is 4.90 Å². The van der Waals surface area contributed by atoms with Crippen molar-refractivity contribution in [3.8, 4) is 0 Å². The lowest BCUT2D eigenvalue weighted by molar-refractivity contribution is -0.384. The molecule has 1 aromatic carbocycles. The van der Waals surface area contributed by atoms with Crippen molar-refractivity contribution < 1.29 is 14.5 Å². The minimum atomic E-state index is -0.688. The molecular formula is C20H29N5O4. The number of nitrogens with one attached hydrogen (secondary N) is 1. The fourth-order valence-electron chi connectivity index (χ4n) is 4.30. The Balaban J connectivity index is 1.54. The number of nitrogens with two attached hydrogens (primary N) is 1. The number of nitro benzene ring substituents is 1. The minimum absolute atomic E-state index is 0.0608. The first-order valence-electron chi connectivity index (χ1n) is 10.2. The van der Waals surface area contributed by atoms with Crippen molar-refractivity contribution in [3.05, 3.63) is 33.9 Å². The van der Waals surface area contributed by atoms with Gasteiger partial charge in [0.2, 0.25) is 5.91 Å². The second-order valence-electron chi connectivity index (χ2n) is 8.12. The van der Waals surface area contributed by atoms with Crippen LogP contribution in [0.3, 0.4) is 0 Å². The van der Waals surface area contributed by atoms with Gasteiger partial charge in [-0.1, -0.05) is 19.8 Å². The Morgan fingerprint density at radius 1 is 1.24 bits per heavy atom. The monoisotopic (exact) mass is 403 g/mol. The Labute approximate surface area is 170 Å². The Kier molecular flexibility index (Phi) is 6.68. The number of anilines is 1. The van der Waals surface area contributed by atoms with Gasteiger partial charge in [0.25, 0.3) is 11.6 Å². The van der Waals surface area contributed by atoms with Crippen molar-refractivity contribution in [1.29, 1.82) is 0 Å². The van der Waals surface area contributed by atoms with Crippen molar-refractivity contribution in [2.75, 3.05) is 37.6 Å². The summed E-state index contributed by atoms with van der Waals surface area (Å²) in [5.74, 6) is 0.0386.